The molecule has 3 N–H and O–H groups in total. The van der Waals surface area contributed by atoms with Gasteiger partial charge in [0.1, 0.15) is 5.60 Å². The van der Waals surface area contributed by atoms with Crippen LogP contribution < -0.4 is 11.1 Å². The largest absolute Gasteiger partial charge is 0.444 e. The predicted octanol–water partition coefficient (Wildman–Crippen LogP) is 5.46. The van der Waals surface area contributed by atoms with Crippen LogP contribution in [-0.2, 0) is 11.3 Å². The molecular formula is C26H35ClN4O2. The number of ether oxygens (including phenoxy) is 1. The van der Waals surface area contributed by atoms with Crippen molar-refractivity contribution >= 4 is 29.1 Å². The smallest absolute Gasteiger partial charge is 0.410 e. The molecule has 2 fully saturated rings. The van der Waals surface area contributed by atoms with Gasteiger partial charge in [0.2, 0.25) is 0 Å². The second kappa shape index (κ2) is 9.82. The molecular weight excluding hydrogens is 436 g/mol. The molecule has 4 rings (SSSR count). The minimum atomic E-state index is -0.461. The Labute approximate surface area is 202 Å². The molecule has 1 aliphatic heterocycles. The van der Waals surface area contributed by atoms with Crippen LogP contribution in [0.5, 0.6) is 0 Å². The van der Waals surface area contributed by atoms with E-state index in [1.165, 1.54) is 18.4 Å². The van der Waals surface area contributed by atoms with Gasteiger partial charge in [-0.1, -0.05) is 41.9 Å². The van der Waals surface area contributed by atoms with E-state index >= 15 is 0 Å². The molecule has 178 valence electrons. The van der Waals surface area contributed by atoms with Gasteiger partial charge in [0.25, 0.3) is 0 Å². The first-order chi connectivity index (χ1) is 15.7. The van der Waals surface area contributed by atoms with Gasteiger partial charge in [-0.15, -0.1) is 0 Å². The molecule has 1 amide bonds. The van der Waals surface area contributed by atoms with Gasteiger partial charge in [-0.2, -0.15) is 0 Å². The SMILES string of the molecule is CC(C)(C)OC(=O)N1CCN(Cc2ccc(-c3ccc(NCC4CC4)c(N)c3Cl)cc2)CC1. The van der Waals surface area contributed by atoms with Crippen molar-refractivity contribution in [2.45, 2.75) is 45.8 Å². The van der Waals surface area contributed by atoms with Crippen LogP contribution in [0.3, 0.4) is 0 Å². The summed E-state index contributed by atoms with van der Waals surface area (Å²) in [5.74, 6) is 0.774. The number of hydrogen-bond donors (Lipinski definition) is 2. The number of anilines is 2. The fourth-order valence-electron chi connectivity index (χ4n) is 4.01. The first kappa shape index (κ1) is 23.7. The molecule has 1 saturated carbocycles. The van der Waals surface area contributed by atoms with Crippen LogP contribution in [0, 0.1) is 5.92 Å². The third kappa shape index (κ3) is 6.33. The van der Waals surface area contributed by atoms with Gasteiger partial charge in [0, 0.05) is 44.8 Å². The van der Waals surface area contributed by atoms with E-state index in [0.717, 1.165) is 48.9 Å². The number of carbonyl (C=O) groups excluding carboxylic acids is 1. The lowest BCUT2D eigenvalue weighted by molar-refractivity contribution is 0.0139. The zero-order valence-corrected chi connectivity index (χ0v) is 20.6. The first-order valence-electron chi connectivity index (χ1n) is 11.8. The van der Waals surface area contributed by atoms with Crippen molar-refractivity contribution in [2.75, 3.05) is 43.8 Å². The Morgan fingerprint density at radius 3 is 2.36 bits per heavy atom. The molecule has 2 aromatic carbocycles. The Hall–Kier alpha value is -2.44. The minimum absolute atomic E-state index is 0.226. The summed E-state index contributed by atoms with van der Waals surface area (Å²) >= 11 is 6.62. The van der Waals surface area contributed by atoms with Crippen LogP contribution in [0.2, 0.25) is 5.02 Å². The minimum Gasteiger partial charge on any atom is -0.444 e. The number of amides is 1. The second-order valence-electron chi connectivity index (χ2n) is 10.2. The molecule has 0 spiro atoms. The van der Waals surface area contributed by atoms with Crippen molar-refractivity contribution in [2.24, 2.45) is 5.92 Å². The van der Waals surface area contributed by atoms with Crippen LogP contribution in [0.25, 0.3) is 11.1 Å². The number of rotatable bonds is 6. The Balaban J connectivity index is 1.32. The molecule has 0 radical (unpaired) electrons. The van der Waals surface area contributed by atoms with Crippen molar-refractivity contribution in [1.29, 1.82) is 0 Å². The van der Waals surface area contributed by atoms with Crippen molar-refractivity contribution in [1.82, 2.24) is 9.80 Å². The van der Waals surface area contributed by atoms with Gasteiger partial charge in [-0.05, 0) is 56.7 Å². The molecule has 1 heterocycles. The molecule has 6 nitrogen and oxygen atoms in total. The quantitative estimate of drug-likeness (QED) is 0.548. The zero-order chi connectivity index (χ0) is 23.6. The lowest BCUT2D eigenvalue weighted by Gasteiger charge is -2.35. The molecule has 1 saturated heterocycles. The van der Waals surface area contributed by atoms with E-state index in [1.807, 2.05) is 32.9 Å². The molecule has 33 heavy (non-hydrogen) atoms. The Morgan fingerprint density at radius 1 is 1.09 bits per heavy atom. The van der Waals surface area contributed by atoms with E-state index in [2.05, 4.69) is 34.5 Å². The topological polar surface area (TPSA) is 70.8 Å². The summed E-state index contributed by atoms with van der Waals surface area (Å²) < 4.78 is 5.48. The summed E-state index contributed by atoms with van der Waals surface area (Å²) in [7, 11) is 0. The fourth-order valence-corrected chi connectivity index (χ4v) is 4.28. The summed E-state index contributed by atoms with van der Waals surface area (Å²) in [6.45, 7) is 10.5. The van der Waals surface area contributed by atoms with E-state index in [-0.39, 0.29) is 6.09 Å². The standard InChI is InChI=1S/C26H35ClN4O2/c1-26(2,3)33-25(32)31-14-12-30(13-15-31)17-19-6-8-20(9-7-19)21-10-11-22(24(28)23(21)27)29-16-18-4-5-18/h6-11,18,29H,4-5,12-17,28H2,1-3H3. The van der Waals surface area contributed by atoms with Crippen molar-refractivity contribution in [3.05, 3.63) is 47.0 Å². The van der Waals surface area contributed by atoms with Crippen molar-refractivity contribution < 1.29 is 9.53 Å². The van der Waals surface area contributed by atoms with Crippen LogP contribution in [-0.4, -0.2) is 54.2 Å². The fraction of sp³-hybridized carbons (Fsp3) is 0.500. The zero-order valence-electron chi connectivity index (χ0n) is 19.9. The van der Waals surface area contributed by atoms with Gasteiger partial charge < -0.3 is 20.7 Å². The summed E-state index contributed by atoms with van der Waals surface area (Å²) in [5.41, 5.74) is 10.6. The Morgan fingerprint density at radius 2 is 1.76 bits per heavy atom. The van der Waals surface area contributed by atoms with E-state index in [0.29, 0.717) is 23.8 Å². The van der Waals surface area contributed by atoms with Crippen LogP contribution in [0.1, 0.15) is 39.2 Å². The Kier molecular flexibility index (Phi) is 7.05. The lowest BCUT2D eigenvalue weighted by atomic mass is 10.0. The maximum absolute atomic E-state index is 12.3. The number of nitrogens with zero attached hydrogens (tertiary/aromatic N) is 2. The van der Waals surface area contributed by atoms with Crippen molar-refractivity contribution in [3.63, 3.8) is 0 Å². The predicted molar refractivity (Wildman–Crippen MR) is 136 cm³/mol. The van der Waals surface area contributed by atoms with E-state index < -0.39 is 5.60 Å². The van der Waals surface area contributed by atoms with Gasteiger partial charge in [0.05, 0.1) is 16.4 Å². The number of halogens is 1. The number of nitrogens with one attached hydrogen (secondary N) is 1. The maximum atomic E-state index is 12.3. The van der Waals surface area contributed by atoms with Crippen LogP contribution in [0.4, 0.5) is 16.2 Å². The van der Waals surface area contributed by atoms with E-state index in [9.17, 15) is 4.79 Å². The highest BCUT2D eigenvalue weighted by Gasteiger charge is 2.26. The highest BCUT2D eigenvalue weighted by Crippen LogP contribution is 2.38. The molecule has 2 aliphatic rings. The molecule has 0 unspecified atom stereocenters. The summed E-state index contributed by atoms with van der Waals surface area (Å²) in [6.07, 6.45) is 2.37. The number of piperazine rings is 1. The average molecular weight is 471 g/mol. The third-order valence-corrected chi connectivity index (χ3v) is 6.56. The van der Waals surface area contributed by atoms with Gasteiger partial charge in [0.15, 0.2) is 0 Å². The summed E-state index contributed by atoms with van der Waals surface area (Å²) in [6, 6.07) is 12.5. The summed E-state index contributed by atoms with van der Waals surface area (Å²) in [4.78, 5) is 16.4. The molecule has 2 aromatic rings. The van der Waals surface area contributed by atoms with E-state index in [4.69, 9.17) is 22.1 Å². The highest BCUT2D eigenvalue weighted by molar-refractivity contribution is 6.36. The molecule has 1 aliphatic carbocycles. The number of nitrogens with two attached hydrogens (primary N) is 1. The third-order valence-electron chi connectivity index (χ3n) is 6.15. The van der Waals surface area contributed by atoms with Crippen LogP contribution in [0.15, 0.2) is 36.4 Å². The van der Waals surface area contributed by atoms with Gasteiger partial charge in [-0.25, -0.2) is 4.79 Å². The molecule has 0 atom stereocenters. The van der Waals surface area contributed by atoms with E-state index in [1.54, 1.807) is 4.90 Å². The molecule has 7 heteroatoms. The number of hydrogen-bond acceptors (Lipinski definition) is 5. The monoisotopic (exact) mass is 470 g/mol. The van der Waals surface area contributed by atoms with Gasteiger partial charge in [-0.3, -0.25) is 4.90 Å². The second-order valence-corrected chi connectivity index (χ2v) is 10.5. The van der Waals surface area contributed by atoms with Crippen molar-refractivity contribution in [3.8, 4) is 11.1 Å². The lowest BCUT2D eigenvalue weighted by Crippen LogP contribution is -2.49. The average Bonchev–Trinajstić information content (AvgIpc) is 3.59. The maximum Gasteiger partial charge on any atom is 0.410 e. The number of nitrogen functional groups attached to an aromatic ring is 1. The Bertz CT molecular complexity index is 975. The number of benzene rings is 2. The number of carbonyl (C=O) groups is 1. The first-order valence-corrected chi connectivity index (χ1v) is 12.2. The summed E-state index contributed by atoms with van der Waals surface area (Å²) in [5, 5.41) is 4.02. The molecule has 0 aromatic heterocycles. The normalized spacial score (nSPS) is 17.2. The highest BCUT2D eigenvalue weighted by atomic mass is 35.5. The van der Waals surface area contributed by atoms with Crippen LogP contribution >= 0.6 is 11.6 Å². The molecule has 0 bridgehead atoms. The van der Waals surface area contributed by atoms with Gasteiger partial charge >= 0.3 is 6.09 Å².